The van der Waals surface area contributed by atoms with Gasteiger partial charge in [-0.2, -0.15) is 0 Å². The standard InChI is InChI=1S/C13H15BrN2O2/c1-9-5-3-4-6-10(9)7-16-13(17)12(14)11(15-16)8-18-2/h3-6,15H,7-8H2,1-2H3. The number of aryl methyl sites for hydroxylation is 1. The summed E-state index contributed by atoms with van der Waals surface area (Å²) in [5.74, 6) is 0. The largest absolute Gasteiger partial charge is 0.378 e. The lowest BCUT2D eigenvalue weighted by Gasteiger charge is -2.05. The van der Waals surface area contributed by atoms with Gasteiger partial charge in [0.2, 0.25) is 0 Å². The molecule has 0 radical (unpaired) electrons. The minimum Gasteiger partial charge on any atom is -0.378 e. The van der Waals surface area contributed by atoms with Crippen LogP contribution in [0.4, 0.5) is 0 Å². The molecule has 0 fully saturated rings. The summed E-state index contributed by atoms with van der Waals surface area (Å²) in [5.41, 5.74) is 2.99. The lowest BCUT2D eigenvalue weighted by atomic mass is 10.1. The molecule has 0 spiro atoms. The zero-order valence-electron chi connectivity index (χ0n) is 10.4. The minimum atomic E-state index is -0.0645. The summed E-state index contributed by atoms with van der Waals surface area (Å²) in [7, 11) is 1.60. The molecule has 1 aromatic carbocycles. The second-order valence-corrected chi connectivity index (χ2v) is 4.95. The average Bonchev–Trinajstić information content (AvgIpc) is 2.61. The quantitative estimate of drug-likeness (QED) is 0.943. The Morgan fingerprint density at radius 2 is 2.11 bits per heavy atom. The van der Waals surface area contributed by atoms with Crippen LogP contribution in [0.1, 0.15) is 16.8 Å². The first-order chi connectivity index (χ1) is 8.63. The predicted molar refractivity (Wildman–Crippen MR) is 73.7 cm³/mol. The maximum Gasteiger partial charge on any atom is 0.281 e. The zero-order chi connectivity index (χ0) is 13.1. The van der Waals surface area contributed by atoms with Crippen molar-refractivity contribution in [3.8, 4) is 0 Å². The molecule has 96 valence electrons. The number of ether oxygens (including phenoxy) is 1. The van der Waals surface area contributed by atoms with Crippen LogP contribution < -0.4 is 5.56 Å². The van der Waals surface area contributed by atoms with Crippen LogP contribution in [0.25, 0.3) is 0 Å². The van der Waals surface area contributed by atoms with E-state index in [0.29, 0.717) is 17.6 Å². The van der Waals surface area contributed by atoms with Crippen molar-refractivity contribution in [2.45, 2.75) is 20.1 Å². The first kappa shape index (κ1) is 13.1. The first-order valence-electron chi connectivity index (χ1n) is 5.64. The van der Waals surface area contributed by atoms with Crippen molar-refractivity contribution in [2.75, 3.05) is 7.11 Å². The van der Waals surface area contributed by atoms with Crippen LogP contribution in [0.3, 0.4) is 0 Å². The average molecular weight is 311 g/mol. The van der Waals surface area contributed by atoms with Crippen molar-refractivity contribution in [2.24, 2.45) is 0 Å². The van der Waals surface area contributed by atoms with Gasteiger partial charge in [-0.25, -0.2) is 4.68 Å². The fraction of sp³-hybridized carbons (Fsp3) is 0.308. The van der Waals surface area contributed by atoms with Crippen LogP contribution in [0.5, 0.6) is 0 Å². The maximum absolute atomic E-state index is 12.0. The Kier molecular flexibility index (Phi) is 4.04. The molecule has 0 aliphatic heterocycles. The van der Waals surface area contributed by atoms with Gasteiger partial charge >= 0.3 is 0 Å². The summed E-state index contributed by atoms with van der Waals surface area (Å²) in [6.45, 7) is 2.96. The maximum atomic E-state index is 12.0. The molecule has 0 saturated heterocycles. The number of H-pyrrole nitrogens is 1. The topological polar surface area (TPSA) is 47.0 Å². The highest BCUT2D eigenvalue weighted by Gasteiger charge is 2.11. The molecule has 0 aliphatic carbocycles. The van der Waals surface area contributed by atoms with Crippen molar-refractivity contribution < 1.29 is 4.74 Å². The molecule has 1 heterocycles. The van der Waals surface area contributed by atoms with E-state index in [1.165, 1.54) is 5.56 Å². The number of nitrogens with zero attached hydrogens (tertiary/aromatic N) is 1. The van der Waals surface area contributed by atoms with E-state index in [1.807, 2.05) is 31.2 Å². The summed E-state index contributed by atoms with van der Waals surface area (Å²) in [4.78, 5) is 12.0. The monoisotopic (exact) mass is 310 g/mol. The zero-order valence-corrected chi connectivity index (χ0v) is 12.0. The van der Waals surface area contributed by atoms with E-state index in [1.54, 1.807) is 11.8 Å². The molecule has 2 rings (SSSR count). The van der Waals surface area contributed by atoms with Crippen molar-refractivity contribution in [1.29, 1.82) is 0 Å². The molecule has 0 atom stereocenters. The molecular formula is C13H15BrN2O2. The molecule has 0 amide bonds. The second kappa shape index (κ2) is 5.54. The fourth-order valence-corrected chi connectivity index (χ4v) is 2.24. The highest BCUT2D eigenvalue weighted by atomic mass is 79.9. The summed E-state index contributed by atoms with van der Waals surface area (Å²) >= 11 is 3.29. The van der Waals surface area contributed by atoms with E-state index in [9.17, 15) is 4.79 Å². The number of hydrogen-bond acceptors (Lipinski definition) is 2. The molecule has 0 saturated carbocycles. The third kappa shape index (κ3) is 2.57. The minimum absolute atomic E-state index is 0.0645. The number of benzene rings is 1. The fourth-order valence-electron chi connectivity index (χ4n) is 1.82. The number of nitrogens with one attached hydrogen (secondary N) is 1. The molecule has 1 aromatic heterocycles. The van der Waals surface area contributed by atoms with Crippen molar-refractivity contribution in [3.05, 3.63) is 55.9 Å². The van der Waals surface area contributed by atoms with E-state index in [-0.39, 0.29) is 5.56 Å². The highest BCUT2D eigenvalue weighted by Crippen LogP contribution is 2.13. The van der Waals surface area contributed by atoms with E-state index in [2.05, 4.69) is 21.0 Å². The van der Waals surface area contributed by atoms with Crippen molar-refractivity contribution in [3.63, 3.8) is 0 Å². The number of hydrogen-bond donors (Lipinski definition) is 1. The van der Waals surface area contributed by atoms with E-state index < -0.39 is 0 Å². The molecule has 18 heavy (non-hydrogen) atoms. The molecule has 0 unspecified atom stereocenters. The van der Waals surface area contributed by atoms with Gasteiger partial charge in [-0.1, -0.05) is 24.3 Å². The molecule has 0 bridgehead atoms. The summed E-state index contributed by atoms with van der Waals surface area (Å²) < 4.78 is 7.16. The number of aromatic amines is 1. The number of halogens is 1. The van der Waals surface area contributed by atoms with Gasteiger partial charge in [0.1, 0.15) is 4.47 Å². The van der Waals surface area contributed by atoms with Gasteiger partial charge in [-0.15, -0.1) is 0 Å². The second-order valence-electron chi connectivity index (χ2n) is 4.16. The van der Waals surface area contributed by atoms with Gasteiger partial charge < -0.3 is 4.74 Å². The summed E-state index contributed by atoms with van der Waals surface area (Å²) in [5, 5.41) is 3.06. The van der Waals surface area contributed by atoms with Crippen LogP contribution in [0.15, 0.2) is 33.5 Å². The summed E-state index contributed by atoms with van der Waals surface area (Å²) in [6.07, 6.45) is 0. The smallest absolute Gasteiger partial charge is 0.281 e. The van der Waals surface area contributed by atoms with Crippen LogP contribution in [-0.4, -0.2) is 16.9 Å². The Morgan fingerprint density at radius 3 is 2.78 bits per heavy atom. The number of aromatic nitrogens is 2. The van der Waals surface area contributed by atoms with Crippen LogP contribution in [0.2, 0.25) is 0 Å². The van der Waals surface area contributed by atoms with Gasteiger partial charge in [-0.05, 0) is 34.0 Å². The Bertz CT molecular complexity index is 601. The van der Waals surface area contributed by atoms with Gasteiger partial charge in [-0.3, -0.25) is 9.89 Å². The molecule has 0 aliphatic rings. The van der Waals surface area contributed by atoms with E-state index in [0.717, 1.165) is 11.3 Å². The SMILES string of the molecule is COCc1[nH]n(Cc2ccccc2C)c(=O)c1Br. The molecule has 1 N–H and O–H groups in total. The molecule has 2 aromatic rings. The van der Waals surface area contributed by atoms with Crippen LogP contribution in [-0.2, 0) is 17.9 Å². The molecular weight excluding hydrogens is 296 g/mol. The van der Waals surface area contributed by atoms with Crippen molar-refractivity contribution >= 4 is 15.9 Å². The molecule has 5 heteroatoms. The molecule has 4 nitrogen and oxygen atoms in total. The van der Waals surface area contributed by atoms with Gasteiger partial charge in [0.15, 0.2) is 0 Å². The lowest BCUT2D eigenvalue weighted by molar-refractivity contribution is 0.180. The predicted octanol–water partition coefficient (Wildman–Crippen LogP) is 2.44. The highest BCUT2D eigenvalue weighted by molar-refractivity contribution is 9.10. The number of methoxy groups -OCH3 is 1. The lowest BCUT2D eigenvalue weighted by Crippen LogP contribution is -2.18. The Labute approximate surface area is 114 Å². The van der Waals surface area contributed by atoms with Gasteiger partial charge in [0.25, 0.3) is 5.56 Å². The van der Waals surface area contributed by atoms with Gasteiger partial charge in [0.05, 0.1) is 18.8 Å². The van der Waals surface area contributed by atoms with Crippen LogP contribution >= 0.6 is 15.9 Å². The van der Waals surface area contributed by atoms with Gasteiger partial charge in [0, 0.05) is 7.11 Å². The summed E-state index contributed by atoms with van der Waals surface area (Å²) in [6, 6.07) is 8.02. The van der Waals surface area contributed by atoms with Crippen LogP contribution in [0, 0.1) is 6.92 Å². The Hall–Kier alpha value is -1.33. The Balaban J connectivity index is 2.33. The first-order valence-corrected chi connectivity index (χ1v) is 6.43. The van der Waals surface area contributed by atoms with E-state index in [4.69, 9.17) is 4.74 Å². The third-order valence-corrected chi connectivity index (χ3v) is 3.66. The van der Waals surface area contributed by atoms with Crippen molar-refractivity contribution in [1.82, 2.24) is 9.78 Å². The normalized spacial score (nSPS) is 10.8. The number of rotatable bonds is 4. The Morgan fingerprint density at radius 1 is 1.39 bits per heavy atom. The third-order valence-electron chi connectivity index (χ3n) is 2.85. The van der Waals surface area contributed by atoms with E-state index >= 15 is 0 Å².